The second kappa shape index (κ2) is 6.62. The van der Waals surface area contributed by atoms with Gasteiger partial charge in [-0.3, -0.25) is 9.98 Å². The lowest BCUT2D eigenvalue weighted by molar-refractivity contribution is 0.737. The SMILES string of the molecule is CN=C(c1cccc(C2=CCNCC2)n1)c1cccnc1C.[HH]. The number of rotatable bonds is 3. The van der Waals surface area contributed by atoms with Gasteiger partial charge in [0, 0.05) is 32.5 Å². The summed E-state index contributed by atoms with van der Waals surface area (Å²) in [5.41, 5.74) is 6.14. The van der Waals surface area contributed by atoms with Gasteiger partial charge in [0.15, 0.2) is 0 Å². The molecule has 1 aliphatic heterocycles. The number of nitrogens with zero attached hydrogens (tertiary/aromatic N) is 3. The quantitative estimate of drug-likeness (QED) is 0.886. The summed E-state index contributed by atoms with van der Waals surface area (Å²) in [5.74, 6) is 0. The Morgan fingerprint density at radius 2 is 2.18 bits per heavy atom. The largest absolute Gasteiger partial charge is 0.313 e. The van der Waals surface area contributed by atoms with Crippen LogP contribution in [0.5, 0.6) is 0 Å². The molecule has 0 unspecified atom stereocenters. The van der Waals surface area contributed by atoms with Gasteiger partial charge in [0.1, 0.15) is 0 Å². The minimum Gasteiger partial charge on any atom is -0.313 e. The van der Waals surface area contributed by atoms with Crippen molar-refractivity contribution in [2.24, 2.45) is 4.99 Å². The van der Waals surface area contributed by atoms with Gasteiger partial charge in [-0.25, -0.2) is 4.98 Å². The molecule has 0 amide bonds. The van der Waals surface area contributed by atoms with E-state index in [-0.39, 0.29) is 1.43 Å². The molecule has 0 fully saturated rings. The molecule has 3 rings (SSSR count). The molecule has 0 saturated carbocycles. The summed E-state index contributed by atoms with van der Waals surface area (Å²) in [6.45, 7) is 3.92. The fraction of sp³-hybridized carbons (Fsp3) is 0.278. The van der Waals surface area contributed by atoms with Crippen molar-refractivity contribution < 1.29 is 1.43 Å². The first kappa shape index (κ1) is 14.6. The number of hydrogen-bond donors (Lipinski definition) is 1. The lowest BCUT2D eigenvalue weighted by atomic mass is 10.0. The number of nitrogens with one attached hydrogen (secondary N) is 1. The van der Waals surface area contributed by atoms with Crippen LogP contribution in [0.3, 0.4) is 0 Å². The van der Waals surface area contributed by atoms with E-state index in [0.717, 1.165) is 47.9 Å². The zero-order chi connectivity index (χ0) is 15.4. The molecule has 0 aliphatic carbocycles. The predicted octanol–water partition coefficient (Wildman–Crippen LogP) is 2.87. The van der Waals surface area contributed by atoms with Gasteiger partial charge < -0.3 is 5.32 Å². The van der Waals surface area contributed by atoms with Gasteiger partial charge in [-0.1, -0.05) is 12.1 Å². The van der Waals surface area contributed by atoms with E-state index in [9.17, 15) is 0 Å². The van der Waals surface area contributed by atoms with Crippen molar-refractivity contribution in [1.29, 1.82) is 0 Å². The van der Waals surface area contributed by atoms with Crippen molar-refractivity contribution in [3.8, 4) is 0 Å². The first-order valence-electron chi connectivity index (χ1n) is 7.56. The van der Waals surface area contributed by atoms with E-state index >= 15 is 0 Å². The van der Waals surface area contributed by atoms with Gasteiger partial charge in [-0.05, 0) is 49.7 Å². The first-order chi connectivity index (χ1) is 10.8. The number of pyridine rings is 2. The summed E-state index contributed by atoms with van der Waals surface area (Å²) in [7, 11) is 1.81. The third-order valence-corrected chi connectivity index (χ3v) is 3.87. The third-order valence-electron chi connectivity index (χ3n) is 3.87. The van der Waals surface area contributed by atoms with Crippen LogP contribution in [-0.4, -0.2) is 35.8 Å². The smallest absolute Gasteiger partial charge is 0.0918 e. The zero-order valence-electron chi connectivity index (χ0n) is 13.0. The van der Waals surface area contributed by atoms with E-state index in [2.05, 4.69) is 33.5 Å². The maximum absolute atomic E-state index is 4.83. The van der Waals surface area contributed by atoms with Gasteiger partial charge >= 0.3 is 0 Å². The summed E-state index contributed by atoms with van der Waals surface area (Å²) >= 11 is 0. The Morgan fingerprint density at radius 3 is 2.91 bits per heavy atom. The topological polar surface area (TPSA) is 50.2 Å². The van der Waals surface area contributed by atoms with Crippen LogP contribution in [-0.2, 0) is 0 Å². The maximum Gasteiger partial charge on any atom is 0.0918 e. The molecule has 0 spiro atoms. The molecule has 2 aromatic heterocycles. The summed E-state index contributed by atoms with van der Waals surface area (Å²) in [6, 6.07) is 10.1. The number of aliphatic imine (C=N–C) groups is 1. The van der Waals surface area contributed by atoms with Crippen molar-refractivity contribution in [2.45, 2.75) is 13.3 Å². The van der Waals surface area contributed by atoms with E-state index < -0.39 is 0 Å². The van der Waals surface area contributed by atoms with Gasteiger partial charge in [0.05, 0.1) is 17.1 Å². The molecular weight excluding hydrogens is 272 g/mol. The molecule has 0 bridgehead atoms. The van der Waals surface area contributed by atoms with Gasteiger partial charge in [0.25, 0.3) is 0 Å². The number of hydrogen-bond acceptors (Lipinski definition) is 4. The van der Waals surface area contributed by atoms with Crippen LogP contribution >= 0.6 is 0 Å². The molecule has 0 saturated heterocycles. The van der Waals surface area contributed by atoms with Gasteiger partial charge in [0.2, 0.25) is 0 Å². The molecule has 22 heavy (non-hydrogen) atoms. The normalized spacial score (nSPS) is 15.5. The van der Waals surface area contributed by atoms with Crippen LogP contribution < -0.4 is 5.32 Å². The fourth-order valence-electron chi connectivity index (χ4n) is 2.71. The number of aromatic nitrogens is 2. The van der Waals surface area contributed by atoms with E-state index in [1.54, 1.807) is 13.2 Å². The highest BCUT2D eigenvalue weighted by molar-refractivity contribution is 6.12. The summed E-state index contributed by atoms with van der Waals surface area (Å²) in [4.78, 5) is 13.6. The highest BCUT2D eigenvalue weighted by Gasteiger charge is 2.13. The van der Waals surface area contributed by atoms with Crippen LogP contribution in [0.4, 0.5) is 0 Å². The van der Waals surface area contributed by atoms with Crippen molar-refractivity contribution in [3.05, 3.63) is 65.2 Å². The lowest BCUT2D eigenvalue weighted by Crippen LogP contribution is -2.20. The molecule has 4 nitrogen and oxygen atoms in total. The zero-order valence-corrected chi connectivity index (χ0v) is 13.0. The van der Waals surface area contributed by atoms with E-state index in [1.807, 2.05) is 25.1 Å². The molecule has 0 atom stereocenters. The minimum atomic E-state index is 0. The third kappa shape index (κ3) is 2.97. The van der Waals surface area contributed by atoms with Crippen molar-refractivity contribution >= 4 is 11.3 Å². The Morgan fingerprint density at radius 1 is 1.27 bits per heavy atom. The Bertz CT molecular complexity index is 737. The van der Waals surface area contributed by atoms with Crippen molar-refractivity contribution in [1.82, 2.24) is 15.3 Å². The van der Waals surface area contributed by atoms with Crippen LogP contribution in [0.2, 0.25) is 0 Å². The molecule has 4 heteroatoms. The fourth-order valence-corrected chi connectivity index (χ4v) is 2.71. The molecule has 0 radical (unpaired) electrons. The molecule has 3 heterocycles. The Balaban J connectivity index is 0.00000192. The van der Waals surface area contributed by atoms with Crippen LogP contribution in [0.25, 0.3) is 5.57 Å². The second-order valence-electron chi connectivity index (χ2n) is 5.30. The van der Waals surface area contributed by atoms with Gasteiger partial charge in [-0.2, -0.15) is 0 Å². The standard InChI is InChI=1S/C18H20N4.H2/c1-13-15(5-4-10-21-13)18(19-2)17-7-3-6-16(22-17)14-8-11-20-12-9-14;/h3-8,10,20H,9,11-12H2,1-2H3;1H. The van der Waals surface area contributed by atoms with E-state index in [0.29, 0.717) is 0 Å². The second-order valence-corrected chi connectivity index (χ2v) is 5.30. The highest BCUT2D eigenvalue weighted by atomic mass is 14.9. The monoisotopic (exact) mass is 294 g/mol. The van der Waals surface area contributed by atoms with E-state index in [4.69, 9.17) is 4.98 Å². The Hall–Kier alpha value is -2.33. The molecule has 114 valence electrons. The van der Waals surface area contributed by atoms with Crippen LogP contribution in [0.15, 0.2) is 47.6 Å². The van der Waals surface area contributed by atoms with Crippen LogP contribution in [0.1, 0.15) is 30.5 Å². The highest BCUT2D eigenvalue weighted by Crippen LogP contribution is 2.19. The van der Waals surface area contributed by atoms with Crippen molar-refractivity contribution in [3.63, 3.8) is 0 Å². The summed E-state index contributed by atoms with van der Waals surface area (Å²) in [6.07, 6.45) is 5.03. The van der Waals surface area contributed by atoms with E-state index in [1.165, 1.54) is 5.57 Å². The summed E-state index contributed by atoms with van der Waals surface area (Å²) in [5, 5.41) is 3.33. The molecule has 0 aromatic carbocycles. The molecular formula is C18H22N4. The average molecular weight is 294 g/mol. The maximum atomic E-state index is 4.83. The Labute approximate surface area is 132 Å². The molecule has 1 aliphatic rings. The van der Waals surface area contributed by atoms with Crippen LogP contribution in [0, 0.1) is 6.92 Å². The lowest BCUT2D eigenvalue weighted by Gasteiger charge is -2.15. The minimum absolute atomic E-state index is 0. The van der Waals surface area contributed by atoms with Gasteiger partial charge in [-0.15, -0.1) is 0 Å². The predicted molar refractivity (Wildman–Crippen MR) is 92.4 cm³/mol. The Kier molecular flexibility index (Phi) is 4.39. The average Bonchev–Trinajstić information content (AvgIpc) is 2.58. The summed E-state index contributed by atoms with van der Waals surface area (Å²) < 4.78 is 0. The molecule has 1 N–H and O–H groups in total. The van der Waals surface area contributed by atoms with Crippen molar-refractivity contribution in [2.75, 3.05) is 20.1 Å². The first-order valence-corrected chi connectivity index (χ1v) is 7.56. The number of aryl methyl sites for hydroxylation is 1. The molecule has 2 aromatic rings.